The second-order valence-corrected chi connectivity index (χ2v) is 10.2. The molecule has 10 nitrogen and oxygen atoms in total. The van der Waals surface area contributed by atoms with Crippen LogP contribution in [0.25, 0.3) is 16.7 Å². The predicted octanol–water partition coefficient (Wildman–Crippen LogP) is 4.85. The monoisotopic (exact) mass is 533 g/mol. The summed E-state index contributed by atoms with van der Waals surface area (Å²) in [5.74, 6) is 1.70. The highest BCUT2D eigenvalue weighted by molar-refractivity contribution is 6.32. The van der Waals surface area contributed by atoms with Crippen LogP contribution in [0.1, 0.15) is 35.7 Å². The molecule has 0 aliphatic carbocycles. The number of piperazine rings is 1. The quantitative estimate of drug-likeness (QED) is 0.257. The lowest BCUT2D eigenvalue weighted by Gasteiger charge is -2.35. The van der Waals surface area contributed by atoms with Crippen LogP contribution >= 0.6 is 11.6 Å². The number of anilines is 1. The Morgan fingerprint density at radius 2 is 1.79 bits per heavy atom. The van der Waals surface area contributed by atoms with E-state index in [2.05, 4.69) is 18.7 Å². The summed E-state index contributed by atoms with van der Waals surface area (Å²) in [5, 5.41) is 17.0. The summed E-state index contributed by atoms with van der Waals surface area (Å²) < 4.78 is 1.87. The number of hydrogen-bond acceptors (Lipinski definition) is 7. The van der Waals surface area contributed by atoms with Crippen molar-refractivity contribution < 1.29 is 9.72 Å². The van der Waals surface area contributed by atoms with Crippen molar-refractivity contribution >= 4 is 40.0 Å². The van der Waals surface area contributed by atoms with E-state index in [0.29, 0.717) is 32.1 Å². The SMILES string of the molecule is Cc1nn(-c2ccccc2)c2nc(CC(C)C)nc(N3CCN(C(=O)c4ccc(Cl)c([N+](=O)[O-])c4)CC3)c12. The lowest BCUT2D eigenvalue weighted by Crippen LogP contribution is -2.49. The molecule has 11 heteroatoms. The number of hydrogen-bond donors (Lipinski definition) is 0. The molecule has 0 bridgehead atoms. The average Bonchev–Trinajstić information content (AvgIpc) is 3.24. The first-order chi connectivity index (χ1) is 18.2. The van der Waals surface area contributed by atoms with Gasteiger partial charge in [0.1, 0.15) is 16.7 Å². The molecule has 1 fully saturated rings. The molecule has 1 aliphatic heterocycles. The van der Waals surface area contributed by atoms with E-state index in [4.69, 9.17) is 26.7 Å². The third-order valence-corrected chi connectivity index (χ3v) is 6.90. The molecule has 38 heavy (non-hydrogen) atoms. The van der Waals surface area contributed by atoms with Gasteiger partial charge in [-0.2, -0.15) is 5.10 Å². The molecule has 0 saturated carbocycles. The number of rotatable bonds is 6. The van der Waals surface area contributed by atoms with E-state index in [1.165, 1.54) is 18.2 Å². The maximum Gasteiger partial charge on any atom is 0.288 e. The zero-order valence-electron chi connectivity index (χ0n) is 21.5. The minimum Gasteiger partial charge on any atom is -0.352 e. The van der Waals surface area contributed by atoms with Gasteiger partial charge in [-0.05, 0) is 37.1 Å². The summed E-state index contributed by atoms with van der Waals surface area (Å²) in [7, 11) is 0. The van der Waals surface area contributed by atoms with Gasteiger partial charge in [-0.15, -0.1) is 0 Å². The van der Waals surface area contributed by atoms with E-state index < -0.39 is 4.92 Å². The van der Waals surface area contributed by atoms with Gasteiger partial charge in [-0.25, -0.2) is 14.6 Å². The van der Waals surface area contributed by atoms with Gasteiger partial charge in [0, 0.05) is 44.2 Å². The number of carbonyl (C=O) groups excluding carboxylic acids is 1. The van der Waals surface area contributed by atoms with Crippen molar-refractivity contribution in [2.75, 3.05) is 31.1 Å². The molecule has 2 aromatic heterocycles. The summed E-state index contributed by atoms with van der Waals surface area (Å²) in [4.78, 5) is 37.6. The molecule has 0 atom stereocenters. The number of nitro groups is 1. The predicted molar refractivity (Wildman–Crippen MR) is 146 cm³/mol. The van der Waals surface area contributed by atoms with Crippen LogP contribution in [0.2, 0.25) is 5.02 Å². The summed E-state index contributed by atoms with van der Waals surface area (Å²) >= 11 is 5.92. The van der Waals surface area contributed by atoms with Crippen LogP contribution < -0.4 is 4.90 Å². The molecule has 1 saturated heterocycles. The third-order valence-electron chi connectivity index (χ3n) is 6.58. The average molecular weight is 534 g/mol. The first kappa shape index (κ1) is 25.6. The molecule has 4 aromatic rings. The van der Waals surface area contributed by atoms with Crippen molar-refractivity contribution in [3.05, 3.63) is 80.7 Å². The minimum atomic E-state index is -0.579. The Balaban J connectivity index is 1.45. The maximum atomic E-state index is 13.1. The maximum absolute atomic E-state index is 13.1. The normalized spacial score (nSPS) is 13.9. The smallest absolute Gasteiger partial charge is 0.288 e. The molecule has 196 valence electrons. The highest BCUT2D eigenvalue weighted by atomic mass is 35.5. The Hall–Kier alpha value is -4.05. The molecular weight excluding hydrogens is 506 g/mol. The number of benzene rings is 2. The first-order valence-corrected chi connectivity index (χ1v) is 12.9. The molecular formula is C27H28ClN7O3. The van der Waals surface area contributed by atoms with Crippen molar-refractivity contribution in [2.45, 2.75) is 27.2 Å². The Bertz CT molecular complexity index is 1510. The van der Waals surface area contributed by atoms with Crippen LogP contribution in [-0.4, -0.2) is 61.7 Å². The molecule has 0 radical (unpaired) electrons. The van der Waals surface area contributed by atoms with E-state index in [9.17, 15) is 14.9 Å². The van der Waals surface area contributed by atoms with Crippen LogP contribution in [-0.2, 0) is 6.42 Å². The number of carbonyl (C=O) groups is 1. The zero-order chi connectivity index (χ0) is 27.0. The van der Waals surface area contributed by atoms with Gasteiger partial charge in [0.2, 0.25) is 0 Å². The number of aromatic nitrogens is 4. The standard InChI is InChI=1S/C27H28ClN7O3/c1-17(2)15-23-29-25(24-18(3)31-34(26(24)30-23)20-7-5-4-6-8-20)32-11-13-33(14-12-32)27(36)19-9-10-21(28)22(16-19)35(37)38/h4-10,16-17H,11-15H2,1-3H3. The second kappa shape index (κ2) is 10.4. The summed E-state index contributed by atoms with van der Waals surface area (Å²) in [6.45, 7) is 8.26. The van der Waals surface area contributed by atoms with E-state index >= 15 is 0 Å². The van der Waals surface area contributed by atoms with Gasteiger partial charge < -0.3 is 9.80 Å². The van der Waals surface area contributed by atoms with Crippen LogP contribution in [0, 0.1) is 23.0 Å². The number of halogens is 1. The number of para-hydroxylation sites is 1. The van der Waals surface area contributed by atoms with Gasteiger partial charge in [0.15, 0.2) is 5.65 Å². The minimum absolute atomic E-state index is 0.00719. The number of nitrogens with zero attached hydrogens (tertiary/aromatic N) is 7. The van der Waals surface area contributed by atoms with Crippen molar-refractivity contribution in [2.24, 2.45) is 5.92 Å². The fourth-order valence-corrected chi connectivity index (χ4v) is 4.92. The van der Waals surface area contributed by atoms with Crippen molar-refractivity contribution in [1.29, 1.82) is 0 Å². The van der Waals surface area contributed by atoms with Crippen molar-refractivity contribution in [3.8, 4) is 5.69 Å². The molecule has 0 N–H and O–H groups in total. The van der Waals surface area contributed by atoms with Crippen LogP contribution in [0.3, 0.4) is 0 Å². The van der Waals surface area contributed by atoms with Gasteiger partial charge in [0.25, 0.3) is 11.6 Å². The lowest BCUT2D eigenvalue weighted by molar-refractivity contribution is -0.384. The Morgan fingerprint density at radius 3 is 2.45 bits per heavy atom. The fourth-order valence-electron chi connectivity index (χ4n) is 4.73. The molecule has 3 heterocycles. The van der Waals surface area contributed by atoms with Gasteiger partial charge in [-0.1, -0.05) is 43.6 Å². The van der Waals surface area contributed by atoms with E-state index in [0.717, 1.165) is 40.5 Å². The summed E-state index contributed by atoms with van der Waals surface area (Å²) in [6, 6.07) is 14.1. The topological polar surface area (TPSA) is 110 Å². The fraction of sp³-hybridized carbons (Fsp3) is 0.333. The highest BCUT2D eigenvalue weighted by Gasteiger charge is 2.28. The van der Waals surface area contributed by atoms with Crippen LogP contribution in [0.5, 0.6) is 0 Å². The van der Waals surface area contributed by atoms with Crippen molar-refractivity contribution in [1.82, 2.24) is 24.6 Å². The van der Waals surface area contributed by atoms with E-state index in [1.807, 2.05) is 41.9 Å². The highest BCUT2D eigenvalue weighted by Crippen LogP contribution is 2.31. The molecule has 0 unspecified atom stereocenters. The number of nitro benzene ring substituents is 1. The Labute approximate surface area is 225 Å². The molecule has 0 spiro atoms. The number of amides is 1. The third kappa shape index (κ3) is 4.91. The number of aryl methyl sites for hydroxylation is 1. The largest absolute Gasteiger partial charge is 0.352 e. The lowest BCUT2D eigenvalue weighted by atomic mass is 10.1. The Morgan fingerprint density at radius 1 is 1.08 bits per heavy atom. The Kier molecular flexibility index (Phi) is 6.98. The summed E-state index contributed by atoms with van der Waals surface area (Å²) in [5.41, 5.74) is 2.50. The van der Waals surface area contributed by atoms with E-state index in [-0.39, 0.29) is 22.2 Å². The molecule has 1 amide bonds. The number of fused-ring (bicyclic) bond motifs is 1. The second-order valence-electron chi connectivity index (χ2n) is 9.80. The molecule has 5 rings (SSSR count). The summed E-state index contributed by atoms with van der Waals surface area (Å²) in [6.07, 6.45) is 0.732. The zero-order valence-corrected chi connectivity index (χ0v) is 22.2. The van der Waals surface area contributed by atoms with Crippen LogP contribution in [0.4, 0.5) is 11.5 Å². The van der Waals surface area contributed by atoms with Crippen LogP contribution in [0.15, 0.2) is 48.5 Å². The molecule has 2 aromatic carbocycles. The van der Waals surface area contributed by atoms with Gasteiger partial charge >= 0.3 is 0 Å². The van der Waals surface area contributed by atoms with E-state index in [1.54, 1.807) is 4.90 Å². The van der Waals surface area contributed by atoms with Crippen molar-refractivity contribution in [3.63, 3.8) is 0 Å². The van der Waals surface area contributed by atoms with Gasteiger partial charge in [-0.3, -0.25) is 14.9 Å². The first-order valence-electron chi connectivity index (χ1n) is 12.5. The molecule has 1 aliphatic rings. The van der Waals surface area contributed by atoms with Gasteiger partial charge in [0.05, 0.1) is 21.7 Å².